The number of carbonyl (C=O) groups is 1. The van der Waals surface area contributed by atoms with Gasteiger partial charge in [0.25, 0.3) is 0 Å². The van der Waals surface area contributed by atoms with E-state index in [2.05, 4.69) is 0 Å². The Hall–Kier alpha value is -0.670. The summed E-state index contributed by atoms with van der Waals surface area (Å²) >= 11 is 0. The van der Waals surface area contributed by atoms with E-state index >= 15 is 0 Å². The van der Waals surface area contributed by atoms with E-state index in [9.17, 15) is 9.90 Å². The fourth-order valence-corrected chi connectivity index (χ4v) is 2.61. The van der Waals surface area contributed by atoms with Crippen LogP contribution in [0.2, 0.25) is 0 Å². The number of hydrogen-bond acceptors (Lipinski definition) is 3. The normalized spacial score (nSPS) is 55.1. The third-order valence-corrected chi connectivity index (χ3v) is 3.27. The smallest absolute Gasteiger partial charge is 0.233 e. The molecular weight excluding hydrogens is 156 g/mol. The lowest BCUT2D eigenvalue weighted by Gasteiger charge is -2.38. The lowest BCUT2D eigenvalue weighted by molar-refractivity contribution is -0.202. The van der Waals surface area contributed by atoms with Crippen molar-refractivity contribution in [3.05, 3.63) is 12.2 Å². The maximum atomic E-state index is 11.5. The van der Waals surface area contributed by atoms with Gasteiger partial charge in [-0.3, -0.25) is 4.79 Å². The Morgan fingerprint density at radius 2 is 2.42 bits per heavy atom. The topological polar surface area (TPSA) is 46.5 Å². The van der Waals surface area contributed by atoms with Crippen molar-refractivity contribution in [3.63, 3.8) is 0 Å². The van der Waals surface area contributed by atoms with Crippen LogP contribution in [0.25, 0.3) is 0 Å². The second-order valence-electron chi connectivity index (χ2n) is 3.88. The first-order valence-electron chi connectivity index (χ1n) is 4.31. The minimum atomic E-state index is -1.46. The Kier molecular flexibility index (Phi) is 1.02. The second-order valence-corrected chi connectivity index (χ2v) is 3.88. The van der Waals surface area contributed by atoms with Gasteiger partial charge in [-0.1, -0.05) is 12.2 Å². The van der Waals surface area contributed by atoms with E-state index < -0.39 is 5.79 Å². The SMILES string of the molecule is O=C1[C@H]2C=C[C@@H]3[C@@H](CO[C@@]13O)C2. The van der Waals surface area contributed by atoms with Crippen LogP contribution in [0.3, 0.4) is 0 Å². The molecule has 0 amide bonds. The molecule has 1 aliphatic heterocycles. The highest BCUT2D eigenvalue weighted by Crippen LogP contribution is 2.49. The molecule has 0 spiro atoms. The monoisotopic (exact) mass is 166 g/mol. The molecule has 0 aromatic rings. The van der Waals surface area contributed by atoms with E-state index in [0.29, 0.717) is 12.5 Å². The molecule has 64 valence electrons. The number of ether oxygens (including phenoxy) is 1. The molecule has 0 unspecified atom stereocenters. The number of aliphatic hydroxyl groups is 1. The first-order valence-corrected chi connectivity index (χ1v) is 4.31. The van der Waals surface area contributed by atoms with Crippen LogP contribution in [-0.2, 0) is 9.53 Å². The molecule has 4 atom stereocenters. The summed E-state index contributed by atoms with van der Waals surface area (Å²) in [5.74, 6) is -1.39. The van der Waals surface area contributed by atoms with Crippen molar-refractivity contribution < 1.29 is 14.6 Å². The van der Waals surface area contributed by atoms with Gasteiger partial charge in [-0.15, -0.1) is 0 Å². The molecule has 4 bridgehead atoms. The molecule has 3 aliphatic carbocycles. The predicted molar refractivity (Wildman–Crippen MR) is 40.1 cm³/mol. The van der Waals surface area contributed by atoms with E-state index in [1.54, 1.807) is 0 Å². The summed E-state index contributed by atoms with van der Waals surface area (Å²) in [6.07, 6.45) is 4.71. The van der Waals surface area contributed by atoms with Crippen LogP contribution in [0.5, 0.6) is 0 Å². The summed E-state index contributed by atoms with van der Waals surface area (Å²) in [7, 11) is 0. The van der Waals surface area contributed by atoms with Crippen molar-refractivity contribution in [2.45, 2.75) is 12.2 Å². The molecule has 0 radical (unpaired) electrons. The summed E-state index contributed by atoms with van der Waals surface area (Å²) in [5.41, 5.74) is 0. The third-order valence-electron chi connectivity index (χ3n) is 3.27. The number of rotatable bonds is 0. The van der Waals surface area contributed by atoms with Gasteiger partial charge in [0.2, 0.25) is 5.79 Å². The molecule has 1 N–H and O–H groups in total. The summed E-state index contributed by atoms with van der Waals surface area (Å²) in [6.45, 7) is 0.535. The second kappa shape index (κ2) is 1.80. The van der Waals surface area contributed by atoms with Gasteiger partial charge in [0.05, 0.1) is 6.61 Å². The fourth-order valence-electron chi connectivity index (χ4n) is 2.61. The Morgan fingerprint density at radius 3 is 3.17 bits per heavy atom. The molecule has 1 heterocycles. The van der Waals surface area contributed by atoms with Gasteiger partial charge in [-0.25, -0.2) is 0 Å². The summed E-state index contributed by atoms with van der Waals surface area (Å²) in [6, 6.07) is 0. The summed E-state index contributed by atoms with van der Waals surface area (Å²) in [5, 5.41) is 9.86. The van der Waals surface area contributed by atoms with E-state index in [-0.39, 0.29) is 17.6 Å². The van der Waals surface area contributed by atoms with Gasteiger partial charge >= 0.3 is 0 Å². The molecule has 4 aliphatic rings. The lowest BCUT2D eigenvalue weighted by Crippen LogP contribution is -2.53. The number of Topliss-reactive ketones (excluding diaryl/α,β-unsaturated/α-hetero) is 1. The molecule has 1 saturated carbocycles. The number of carbonyl (C=O) groups excluding carboxylic acids is 1. The van der Waals surface area contributed by atoms with Gasteiger partial charge < -0.3 is 9.84 Å². The minimum Gasteiger partial charge on any atom is -0.359 e. The van der Waals surface area contributed by atoms with E-state index in [1.165, 1.54) is 0 Å². The average Bonchev–Trinajstić information content (AvgIpc) is 2.38. The standard InChI is InChI=1S/C9H10O3/c10-8-5-1-2-7-6(3-5)4-12-9(7,8)11/h1-2,5-7,11H,3-4H2/t5-,6+,7+,9+/m0/s1. The minimum absolute atomic E-state index is 0.0741. The van der Waals surface area contributed by atoms with Crippen LogP contribution in [0, 0.1) is 17.8 Å². The number of ketones is 1. The zero-order valence-corrected chi connectivity index (χ0v) is 6.56. The highest BCUT2D eigenvalue weighted by atomic mass is 16.6. The average molecular weight is 166 g/mol. The Balaban J connectivity index is 2.17. The maximum Gasteiger partial charge on any atom is 0.233 e. The van der Waals surface area contributed by atoms with Crippen LogP contribution in [-0.4, -0.2) is 23.3 Å². The fraction of sp³-hybridized carbons (Fsp3) is 0.667. The lowest BCUT2D eigenvalue weighted by atomic mass is 9.67. The molecule has 3 heteroatoms. The van der Waals surface area contributed by atoms with Gasteiger partial charge in [0, 0.05) is 11.8 Å². The Labute approximate surface area is 70.0 Å². The van der Waals surface area contributed by atoms with E-state index in [0.717, 1.165) is 6.42 Å². The first kappa shape index (κ1) is 6.80. The van der Waals surface area contributed by atoms with Crippen LogP contribution < -0.4 is 0 Å². The van der Waals surface area contributed by atoms with Gasteiger partial charge in [-0.05, 0) is 12.3 Å². The molecule has 0 aromatic carbocycles. The molecular formula is C9H10O3. The quantitative estimate of drug-likeness (QED) is 0.519. The van der Waals surface area contributed by atoms with Crippen molar-refractivity contribution in [3.8, 4) is 0 Å². The highest BCUT2D eigenvalue weighted by molar-refractivity contribution is 5.92. The van der Waals surface area contributed by atoms with Crippen molar-refractivity contribution in [1.82, 2.24) is 0 Å². The molecule has 3 nitrogen and oxygen atoms in total. The van der Waals surface area contributed by atoms with E-state index in [4.69, 9.17) is 4.74 Å². The number of hydrogen-bond donors (Lipinski definition) is 1. The van der Waals surface area contributed by atoms with Crippen LogP contribution in [0.1, 0.15) is 6.42 Å². The molecule has 12 heavy (non-hydrogen) atoms. The highest BCUT2D eigenvalue weighted by Gasteiger charge is 2.60. The predicted octanol–water partition coefficient (Wildman–Crippen LogP) is 0.0964. The summed E-state index contributed by atoms with van der Waals surface area (Å²) in [4.78, 5) is 11.5. The summed E-state index contributed by atoms with van der Waals surface area (Å²) < 4.78 is 5.17. The van der Waals surface area contributed by atoms with Crippen molar-refractivity contribution in [2.24, 2.45) is 17.8 Å². The van der Waals surface area contributed by atoms with Crippen molar-refractivity contribution >= 4 is 5.78 Å². The molecule has 4 rings (SSSR count). The Morgan fingerprint density at radius 1 is 1.58 bits per heavy atom. The van der Waals surface area contributed by atoms with Crippen LogP contribution in [0.15, 0.2) is 12.2 Å². The van der Waals surface area contributed by atoms with Gasteiger partial charge in [0.1, 0.15) is 0 Å². The van der Waals surface area contributed by atoms with Crippen molar-refractivity contribution in [2.75, 3.05) is 6.61 Å². The number of allylic oxidation sites excluding steroid dienone is 1. The zero-order chi connectivity index (χ0) is 8.34. The zero-order valence-electron chi connectivity index (χ0n) is 6.56. The van der Waals surface area contributed by atoms with Crippen LogP contribution in [0.4, 0.5) is 0 Å². The molecule has 0 aromatic heterocycles. The maximum absolute atomic E-state index is 11.5. The Bertz CT molecular complexity index is 283. The largest absolute Gasteiger partial charge is 0.359 e. The van der Waals surface area contributed by atoms with Gasteiger partial charge in [0.15, 0.2) is 5.78 Å². The van der Waals surface area contributed by atoms with Crippen LogP contribution >= 0.6 is 0 Å². The first-order chi connectivity index (χ1) is 5.72. The molecule has 2 fully saturated rings. The third kappa shape index (κ3) is 0.549. The van der Waals surface area contributed by atoms with Gasteiger partial charge in [-0.2, -0.15) is 0 Å². The van der Waals surface area contributed by atoms with E-state index in [1.807, 2.05) is 12.2 Å². The molecule has 1 saturated heterocycles. The van der Waals surface area contributed by atoms with Crippen molar-refractivity contribution in [1.29, 1.82) is 0 Å².